The van der Waals surface area contributed by atoms with Crippen LogP contribution >= 0.6 is 0 Å². The van der Waals surface area contributed by atoms with Crippen molar-refractivity contribution in [2.75, 3.05) is 5.73 Å². The number of carbonyl (C=O) groups is 1. The zero-order valence-corrected chi connectivity index (χ0v) is 10.4. The quantitative estimate of drug-likeness (QED) is 0.763. The predicted octanol–water partition coefficient (Wildman–Crippen LogP) is 2.82. The minimum absolute atomic E-state index is 0.0635. The summed E-state index contributed by atoms with van der Waals surface area (Å²) >= 11 is 0. The summed E-state index contributed by atoms with van der Waals surface area (Å²) in [6, 6.07) is 3.11. The lowest BCUT2D eigenvalue weighted by Gasteiger charge is -2.21. The molecule has 1 amide bonds. The summed E-state index contributed by atoms with van der Waals surface area (Å²) in [5.41, 5.74) is 3.28. The van der Waals surface area contributed by atoms with Crippen molar-refractivity contribution < 1.29 is 18.0 Å². The minimum atomic E-state index is -4.57. The number of hydrogen-bond donors (Lipinski definition) is 2. The lowest BCUT2D eigenvalue weighted by Crippen LogP contribution is -2.40. The van der Waals surface area contributed by atoms with Gasteiger partial charge in [0.2, 0.25) is 0 Å². The monoisotopic (exact) mass is 260 g/mol. The van der Waals surface area contributed by atoms with Crippen molar-refractivity contribution in [3.8, 4) is 0 Å². The van der Waals surface area contributed by atoms with E-state index in [2.05, 4.69) is 5.32 Å². The van der Waals surface area contributed by atoms with Crippen LogP contribution in [0.25, 0.3) is 0 Å². The largest absolute Gasteiger partial charge is 0.418 e. The molecule has 0 aliphatic carbocycles. The molecule has 0 fully saturated rings. The maximum absolute atomic E-state index is 12.6. The number of nitrogens with one attached hydrogen (secondary N) is 1. The van der Waals surface area contributed by atoms with E-state index in [1.807, 2.05) is 0 Å². The Morgan fingerprint density at radius 1 is 1.22 bits per heavy atom. The molecule has 0 unspecified atom stereocenters. The second-order valence-corrected chi connectivity index (χ2v) is 5.00. The SMILES string of the molecule is CC(C)(C)NC(=O)c1ccc(N)c(C(F)(F)F)c1. The Labute approximate surface area is 103 Å². The van der Waals surface area contributed by atoms with E-state index in [0.717, 1.165) is 12.1 Å². The van der Waals surface area contributed by atoms with E-state index in [9.17, 15) is 18.0 Å². The van der Waals surface area contributed by atoms with E-state index in [4.69, 9.17) is 5.73 Å². The Morgan fingerprint density at radius 2 is 1.78 bits per heavy atom. The third-order valence-corrected chi connectivity index (χ3v) is 2.11. The standard InChI is InChI=1S/C12H15F3N2O/c1-11(2,3)17-10(18)7-4-5-9(16)8(6-7)12(13,14)15/h4-6H,16H2,1-3H3,(H,17,18). The molecule has 1 rings (SSSR count). The van der Waals surface area contributed by atoms with Crippen molar-refractivity contribution in [1.29, 1.82) is 0 Å². The average Bonchev–Trinajstić information content (AvgIpc) is 2.13. The first-order valence-electron chi connectivity index (χ1n) is 5.30. The summed E-state index contributed by atoms with van der Waals surface area (Å²) in [4.78, 5) is 11.7. The van der Waals surface area contributed by atoms with Gasteiger partial charge in [0.25, 0.3) is 5.91 Å². The zero-order valence-electron chi connectivity index (χ0n) is 10.4. The van der Waals surface area contributed by atoms with Crippen LogP contribution in [0.4, 0.5) is 18.9 Å². The number of carbonyl (C=O) groups excluding carboxylic acids is 1. The molecule has 1 aromatic carbocycles. The van der Waals surface area contributed by atoms with Crippen molar-refractivity contribution in [1.82, 2.24) is 5.32 Å². The van der Waals surface area contributed by atoms with Crippen LogP contribution in [-0.4, -0.2) is 11.4 Å². The number of anilines is 1. The average molecular weight is 260 g/mol. The Bertz CT molecular complexity index is 461. The Hall–Kier alpha value is -1.72. The second-order valence-electron chi connectivity index (χ2n) is 5.00. The van der Waals surface area contributed by atoms with Crippen molar-refractivity contribution in [3.05, 3.63) is 29.3 Å². The summed E-state index contributed by atoms with van der Waals surface area (Å²) in [5, 5.41) is 2.59. The fraction of sp³-hybridized carbons (Fsp3) is 0.417. The molecule has 0 aliphatic heterocycles. The molecule has 18 heavy (non-hydrogen) atoms. The van der Waals surface area contributed by atoms with Gasteiger partial charge in [0.15, 0.2) is 0 Å². The molecule has 0 heterocycles. The maximum Gasteiger partial charge on any atom is 0.418 e. The van der Waals surface area contributed by atoms with Crippen LogP contribution in [0, 0.1) is 0 Å². The van der Waals surface area contributed by atoms with Gasteiger partial charge < -0.3 is 11.1 Å². The van der Waals surface area contributed by atoms with Gasteiger partial charge in [-0.15, -0.1) is 0 Å². The van der Waals surface area contributed by atoms with Crippen LogP contribution in [0.3, 0.4) is 0 Å². The van der Waals surface area contributed by atoms with Crippen LogP contribution < -0.4 is 11.1 Å². The van der Waals surface area contributed by atoms with E-state index >= 15 is 0 Å². The van der Waals surface area contributed by atoms with Crippen LogP contribution in [0.2, 0.25) is 0 Å². The molecule has 100 valence electrons. The molecule has 0 spiro atoms. The van der Waals surface area contributed by atoms with Crippen LogP contribution in [-0.2, 0) is 6.18 Å². The number of amides is 1. The molecule has 0 aliphatic rings. The van der Waals surface area contributed by atoms with Gasteiger partial charge in [-0.05, 0) is 39.0 Å². The minimum Gasteiger partial charge on any atom is -0.398 e. The third-order valence-electron chi connectivity index (χ3n) is 2.11. The molecule has 0 saturated carbocycles. The van der Waals surface area contributed by atoms with E-state index in [0.29, 0.717) is 0 Å². The topological polar surface area (TPSA) is 55.1 Å². The molecule has 0 aromatic heterocycles. The first-order valence-corrected chi connectivity index (χ1v) is 5.30. The molecule has 0 saturated heterocycles. The molecule has 0 radical (unpaired) electrons. The Morgan fingerprint density at radius 3 is 2.22 bits per heavy atom. The highest BCUT2D eigenvalue weighted by atomic mass is 19.4. The van der Waals surface area contributed by atoms with Crippen molar-refractivity contribution >= 4 is 11.6 Å². The first-order chi connectivity index (χ1) is 8.00. The summed E-state index contributed by atoms with van der Waals surface area (Å²) in [7, 11) is 0. The van der Waals surface area contributed by atoms with Crippen molar-refractivity contribution in [2.24, 2.45) is 0 Å². The molecule has 3 nitrogen and oxygen atoms in total. The van der Waals surface area contributed by atoms with Gasteiger partial charge in [-0.25, -0.2) is 0 Å². The maximum atomic E-state index is 12.6. The Kier molecular flexibility index (Phi) is 3.59. The van der Waals surface area contributed by atoms with Gasteiger partial charge in [0, 0.05) is 16.8 Å². The first kappa shape index (κ1) is 14.3. The van der Waals surface area contributed by atoms with Gasteiger partial charge in [0.05, 0.1) is 5.56 Å². The van der Waals surface area contributed by atoms with Gasteiger partial charge in [-0.2, -0.15) is 13.2 Å². The molecular formula is C12H15F3N2O. The zero-order chi connectivity index (χ0) is 14.1. The highest BCUT2D eigenvalue weighted by Gasteiger charge is 2.33. The smallest absolute Gasteiger partial charge is 0.398 e. The summed E-state index contributed by atoms with van der Waals surface area (Å²) in [6.07, 6.45) is -4.57. The van der Waals surface area contributed by atoms with Crippen LogP contribution in [0.1, 0.15) is 36.7 Å². The highest BCUT2D eigenvalue weighted by Crippen LogP contribution is 2.34. The highest BCUT2D eigenvalue weighted by molar-refractivity contribution is 5.95. The van der Waals surface area contributed by atoms with Gasteiger partial charge >= 0.3 is 6.18 Å². The second kappa shape index (κ2) is 4.51. The van der Waals surface area contributed by atoms with E-state index in [1.165, 1.54) is 6.07 Å². The van der Waals surface area contributed by atoms with E-state index in [-0.39, 0.29) is 5.56 Å². The molecule has 1 aromatic rings. The van der Waals surface area contributed by atoms with Crippen LogP contribution in [0.15, 0.2) is 18.2 Å². The molecule has 0 bridgehead atoms. The summed E-state index contributed by atoms with van der Waals surface area (Å²) in [6.45, 7) is 5.23. The van der Waals surface area contributed by atoms with Gasteiger partial charge in [-0.3, -0.25) is 4.79 Å². The lowest BCUT2D eigenvalue weighted by atomic mass is 10.0. The van der Waals surface area contributed by atoms with E-state index in [1.54, 1.807) is 20.8 Å². The number of rotatable bonds is 1. The summed E-state index contributed by atoms with van der Waals surface area (Å²) < 4.78 is 37.9. The van der Waals surface area contributed by atoms with Crippen LogP contribution in [0.5, 0.6) is 0 Å². The third kappa shape index (κ3) is 3.65. The van der Waals surface area contributed by atoms with Gasteiger partial charge in [0.1, 0.15) is 0 Å². The summed E-state index contributed by atoms with van der Waals surface area (Å²) in [5.74, 6) is -0.562. The Balaban J connectivity index is 3.10. The molecule has 3 N–H and O–H groups in total. The number of benzene rings is 1. The van der Waals surface area contributed by atoms with E-state index < -0.39 is 28.9 Å². The number of nitrogen functional groups attached to an aromatic ring is 1. The fourth-order valence-corrected chi connectivity index (χ4v) is 1.36. The number of alkyl halides is 3. The van der Waals surface area contributed by atoms with Crippen molar-refractivity contribution in [2.45, 2.75) is 32.5 Å². The van der Waals surface area contributed by atoms with Crippen molar-refractivity contribution in [3.63, 3.8) is 0 Å². The van der Waals surface area contributed by atoms with Gasteiger partial charge in [-0.1, -0.05) is 0 Å². The normalized spacial score (nSPS) is 12.3. The number of hydrogen-bond acceptors (Lipinski definition) is 2. The molecule has 6 heteroatoms. The molecular weight excluding hydrogens is 245 g/mol. The fourth-order valence-electron chi connectivity index (χ4n) is 1.36. The number of nitrogens with two attached hydrogens (primary N) is 1. The molecule has 0 atom stereocenters. The number of halogens is 3. The lowest BCUT2D eigenvalue weighted by molar-refractivity contribution is -0.136. The predicted molar refractivity (Wildman–Crippen MR) is 63.1 cm³/mol.